The van der Waals surface area contributed by atoms with Gasteiger partial charge in [-0.05, 0) is 48.9 Å². The third-order valence-corrected chi connectivity index (χ3v) is 5.64. The number of nitrogens with zero attached hydrogens (tertiary/aromatic N) is 3. The highest BCUT2D eigenvalue weighted by Gasteiger charge is 2.15. The zero-order chi connectivity index (χ0) is 24.6. The van der Waals surface area contributed by atoms with Crippen molar-refractivity contribution in [3.63, 3.8) is 0 Å². The van der Waals surface area contributed by atoms with Crippen LogP contribution >= 0.6 is 0 Å². The number of anilines is 4. The summed E-state index contributed by atoms with van der Waals surface area (Å²) < 4.78 is 5.41. The van der Waals surface area contributed by atoms with Gasteiger partial charge in [0, 0.05) is 48.3 Å². The molecule has 1 aliphatic heterocycles. The van der Waals surface area contributed by atoms with Crippen LogP contribution in [0.4, 0.5) is 23.0 Å². The van der Waals surface area contributed by atoms with Crippen LogP contribution in [-0.4, -0.2) is 54.1 Å². The minimum absolute atomic E-state index is 0.0651. The van der Waals surface area contributed by atoms with Crippen LogP contribution in [0, 0.1) is 0 Å². The molecule has 1 atom stereocenters. The lowest BCUT2D eigenvalue weighted by Crippen LogP contribution is -2.36. The average Bonchev–Trinajstić information content (AvgIpc) is 2.89. The van der Waals surface area contributed by atoms with Crippen molar-refractivity contribution in [2.45, 2.75) is 18.9 Å². The Bertz CT molecular complexity index is 1150. The number of nitrogens with two attached hydrogens (primary N) is 2. The molecule has 0 bridgehead atoms. The fraction of sp³-hybridized carbons (Fsp3) is 0.280. The molecule has 1 aliphatic rings. The molecule has 1 saturated heterocycles. The van der Waals surface area contributed by atoms with Crippen molar-refractivity contribution >= 4 is 34.8 Å². The van der Waals surface area contributed by atoms with Gasteiger partial charge in [-0.3, -0.25) is 9.59 Å². The molecule has 0 spiro atoms. The maximum absolute atomic E-state index is 12.2. The molecular formula is C25H29N7O3. The Morgan fingerprint density at radius 2 is 1.69 bits per heavy atom. The first-order valence-corrected chi connectivity index (χ1v) is 11.5. The van der Waals surface area contributed by atoms with Crippen LogP contribution in [0.25, 0.3) is 11.3 Å². The minimum atomic E-state index is -0.805. The van der Waals surface area contributed by atoms with E-state index in [1.165, 1.54) is 0 Å². The Hall–Kier alpha value is -4.02. The molecule has 3 aromatic rings. The average molecular weight is 476 g/mol. The lowest BCUT2D eigenvalue weighted by atomic mass is 10.1. The van der Waals surface area contributed by atoms with Gasteiger partial charge in [-0.25, -0.2) is 9.97 Å². The van der Waals surface area contributed by atoms with Gasteiger partial charge >= 0.3 is 0 Å². The van der Waals surface area contributed by atoms with Crippen molar-refractivity contribution in [2.24, 2.45) is 11.5 Å². The quantitative estimate of drug-likeness (QED) is 0.368. The number of nitrogens with one attached hydrogen (secondary N) is 2. The van der Waals surface area contributed by atoms with Gasteiger partial charge in [0.2, 0.25) is 17.8 Å². The number of rotatable bonds is 9. The van der Waals surface area contributed by atoms with Crippen molar-refractivity contribution in [3.05, 3.63) is 60.8 Å². The van der Waals surface area contributed by atoms with Gasteiger partial charge in [0.1, 0.15) is 0 Å². The predicted molar refractivity (Wildman–Crippen MR) is 135 cm³/mol. The molecule has 182 valence electrons. The van der Waals surface area contributed by atoms with E-state index < -0.39 is 11.9 Å². The molecule has 2 heterocycles. The summed E-state index contributed by atoms with van der Waals surface area (Å²) in [5.41, 5.74) is 15.2. The SMILES string of the molecule is NC(=O)CCC(N)C(=O)Nc1ccc(-c2ccnc(Nc3ccc(N4CCOCC4)cc3)n2)cc1. The molecule has 10 nitrogen and oxygen atoms in total. The molecule has 2 amide bonds. The van der Waals surface area contributed by atoms with Crippen LogP contribution in [0.2, 0.25) is 0 Å². The normalized spacial score (nSPS) is 14.3. The van der Waals surface area contributed by atoms with E-state index in [9.17, 15) is 9.59 Å². The number of aromatic nitrogens is 2. The van der Waals surface area contributed by atoms with E-state index in [-0.39, 0.29) is 18.7 Å². The Balaban J connectivity index is 1.37. The maximum atomic E-state index is 12.2. The summed E-state index contributed by atoms with van der Waals surface area (Å²) in [4.78, 5) is 34.3. The van der Waals surface area contributed by atoms with Crippen LogP contribution < -0.4 is 27.0 Å². The standard InChI is InChI=1S/C25H29N7O3/c26-21(9-10-23(27)33)24(34)29-18-3-1-17(2-4-18)22-11-12-28-25(31-22)30-19-5-7-20(8-6-19)32-13-15-35-16-14-32/h1-8,11-12,21H,9-10,13-16,26H2,(H2,27,33)(H,29,34)(H,28,30,31). The van der Waals surface area contributed by atoms with Gasteiger partial charge in [0.05, 0.1) is 24.9 Å². The van der Waals surface area contributed by atoms with Crippen molar-refractivity contribution < 1.29 is 14.3 Å². The van der Waals surface area contributed by atoms with Crippen molar-refractivity contribution in [1.29, 1.82) is 0 Å². The highest BCUT2D eigenvalue weighted by Crippen LogP contribution is 2.23. The van der Waals surface area contributed by atoms with Gasteiger partial charge in [0.15, 0.2) is 0 Å². The summed E-state index contributed by atoms with van der Waals surface area (Å²) in [6, 6.07) is 16.4. The van der Waals surface area contributed by atoms with E-state index in [4.69, 9.17) is 16.2 Å². The second-order valence-electron chi connectivity index (χ2n) is 8.21. The number of hydrogen-bond acceptors (Lipinski definition) is 8. The molecule has 2 aromatic carbocycles. The number of ether oxygens (including phenoxy) is 1. The highest BCUT2D eigenvalue weighted by atomic mass is 16.5. The van der Waals surface area contributed by atoms with Crippen LogP contribution in [0.3, 0.4) is 0 Å². The zero-order valence-electron chi connectivity index (χ0n) is 19.3. The summed E-state index contributed by atoms with van der Waals surface area (Å²) in [5, 5.41) is 5.99. The minimum Gasteiger partial charge on any atom is -0.378 e. The van der Waals surface area contributed by atoms with E-state index in [1.54, 1.807) is 18.3 Å². The summed E-state index contributed by atoms with van der Waals surface area (Å²) in [6.45, 7) is 3.28. The van der Waals surface area contributed by atoms with Crippen LogP contribution in [0.1, 0.15) is 12.8 Å². The lowest BCUT2D eigenvalue weighted by molar-refractivity contribution is -0.119. The Morgan fingerprint density at radius 3 is 2.37 bits per heavy atom. The third kappa shape index (κ3) is 6.75. The zero-order valence-corrected chi connectivity index (χ0v) is 19.3. The molecule has 10 heteroatoms. The van der Waals surface area contributed by atoms with Crippen LogP contribution in [0.5, 0.6) is 0 Å². The van der Waals surface area contributed by atoms with E-state index in [0.29, 0.717) is 11.6 Å². The van der Waals surface area contributed by atoms with Gasteiger partial charge in [-0.15, -0.1) is 0 Å². The van der Waals surface area contributed by atoms with E-state index >= 15 is 0 Å². The summed E-state index contributed by atoms with van der Waals surface area (Å²) in [6.07, 6.45) is 1.96. The second kappa shape index (κ2) is 11.4. The third-order valence-electron chi connectivity index (χ3n) is 5.64. The predicted octanol–water partition coefficient (Wildman–Crippen LogP) is 2.26. The van der Waals surface area contributed by atoms with Crippen molar-refractivity contribution in [2.75, 3.05) is 41.8 Å². The fourth-order valence-corrected chi connectivity index (χ4v) is 3.67. The largest absolute Gasteiger partial charge is 0.378 e. The number of carbonyl (C=O) groups is 2. The number of primary amides is 1. The fourth-order valence-electron chi connectivity index (χ4n) is 3.67. The van der Waals surface area contributed by atoms with Gasteiger partial charge in [-0.2, -0.15) is 0 Å². The Morgan fingerprint density at radius 1 is 1.00 bits per heavy atom. The molecule has 0 saturated carbocycles. The molecule has 0 aliphatic carbocycles. The molecule has 4 rings (SSSR count). The number of morpholine rings is 1. The van der Waals surface area contributed by atoms with Crippen molar-refractivity contribution in [3.8, 4) is 11.3 Å². The van der Waals surface area contributed by atoms with Gasteiger partial charge < -0.3 is 31.7 Å². The molecule has 1 fully saturated rings. The summed E-state index contributed by atoms with van der Waals surface area (Å²) in [7, 11) is 0. The number of hydrogen-bond donors (Lipinski definition) is 4. The smallest absolute Gasteiger partial charge is 0.241 e. The first-order chi connectivity index (χ1) is 17.0. The number of amides is 2. The summed E-state index contributed by atoms with van der Waals surface area (Å²) in [5.74, 6) is -0.368. The van der Waals surface area contributed by atoms with E-state index in [1.807, 2.05) is 30.3 Å². The Labute approximate surface area is 203 Å². The summed E-state index contributed by atoms with van der Waals surface area (Å²) >= 11 is 0. The number of benzene rings is 2. The molecular weight excluding hydrogens is 446 g/mol. The van der Waals surface area contributed by atoms with E-state index in [0.717, 1.165) is 48.9 Å². The maximum Gasteiger partial charge on any atom is 0.241 e. The Kier molecular flexibility index (Phi) is 7.86. The molecule has 6 N–H and O–H groups in total. The van der Waals surface area contributed by atoms with E-state index in [2.05, 4.69) is 37.6 Å². The highest BCUT2D eigenvalue weighted by molar-refractivity contribution is 5.95. The number of carbonyl (C=O) groups excluding carboxylic acids is 2. The van der Waals surface area contributed by atoms with Gasteiger partial charge in [-0.1, -0.05) is 12.1 Å². The monoisotopic (exact) mass is 475 g/mol. The first-order valence-electron chi connectivity index (χ1n) is 11.5. The molecule has 0 radical (unpaired) electrons. The molecule has 1 aromatic heterocycles. The topological polar surface area (TPSA) is 148 Å². The molecule has 35 heavy (non-hydrogen) atoms. The van der Waals surface area contributed by atoms with Crippen molar-refractivity contribution in [1.82, 2.24) is 9.97 Å². The molecule has 1 unspecified atom stereocenters. The lowest BCUT2D eigenvalue weighted by Gasteiger charge is -2.28. The van der Waals surface area contributed by atoms with Crippen LogP contribution in [-0.2, 0) is 14.3 Å². The first kappa shape index (κ1) is 24.1. The second-order valence-corrected chi connectivity index (χ2v) is 8.21. The van der Waals surface area contributed by atoms with Crippen LogP contribution in [0.15, 0.2) is 60.8 Å². The van der Waals surface area contributed by atoms with Gasteiger partial charge in [0.25, 0.3) is 0 Å².